The Morgan fingerprint density at radius 1 is 1.20 bits per heavy atom. The number of piperazine rings is 1. The molecule has 1 unspecified atom stereocenters. The summed E-state index contributed by atoms with van der Waals surface area (Å²) in [6.07, 6.45) is 5.85. The molecule has 0 spiro atoms. The molecular formula is C18H28N6O. The van der Waals surface area contributed by atoms with Gasteiger partial charge in [-0.05, 0) is 33.3 Å². The first-order valence-electron chi connectivity index (χ1n) is 9.02. The number of amides is 1. The van der Waals surface area contributed by atoms with Gasteiger partial charge >= 0.3 is 0 Å². The third-order valence-electron chi connectivity index (χ3n) is 4.93. The summed E-state index contributed by atoms with van der Waals surface area (Å²) >= 11 is 0. The van der Waals surface area contributed by atoms with Crippen molar-refractivity contribution in [2.75, 3.05) is 26.2 Å². The van der Waals surface area contributed by atoms with E-state index in [-0.39, 0.29) is 11.9 Å². The van der Waals surface area contributed by atoms with Gasteiger partial charge in [0, 0.05) is 57.2 Å². The van der Waals surface area contributed by atoms with Gasteiger partial charge in [0.05, 0.1) is 11.9 Å². The van der Waals surface area contributed by atoms with E-state index in [0.29, 0.717) is 0 Å². The fourth-order valence-corrected chi connectivity index (χ4v) is 3.27. The zero-order valence-corrected chi connectivity index (χ0v) is 15.6. The molecule has 2 aromatic heterocycles. The van der Waals surface area contributed by atoms with Crippen molar-refractivity contribution in [2.24, 2.45) is 0 Å². The van der Waals surface area contributed by atoms with E-state index in [2.05, 4.69) is 35.1 Å². The molecule has 25 heavy (non-hydrogen) atoms. The maximum Gasteiger partial charge on any atom is 0.247 e. The van der Waals surface area contributed by atoms with Gasteiger partial charge in [0.15, 0.2) is 0 Å². The monoisotopic (exact) mass is 344 g/mol. The summed E-state index contributed by atoms with van der Waals surface area (Å²) < 4.78 is 3.74. The molecule has 1 saturated heterocycles. The first kappa shape index (κ1) is 17.7. The van der Waals surface area contributed by atoms with E-state index in [1.807, 2.05) is 29.6 Å². The van der Waals surface area contributed by atoms with Gasteiger partial charge in [-0.25, -0.2) is 0 Å². The molecule has 7 nitrogen and oxygen atoms in total. The average molecular weight is 344 g/mol. The van der Waals surface area contributed by atoms with Gasteiger partial charge in [0.25, 0.3) is 0 Å². The highest BCUT2D eigenvalue weighted by Gasteiger charge is 2.26. The summed E-state index contributed by atoms with van der Waals surface area (Å²) in [5.74, 6) is 0.151. The molecule has 3 heterocycles. The molecule has 2 aromatic rings. The van der Waals surface area contributed by atoms with Crippen LogP contribution >= 0.6 is 0 Å². The van der Waals surface area contributed by atoms with Gasteiger partial charge in [-0.2, -0.15) is 10.2 Å². The number of nitrogens with zero attached hydrogens (tertiary/aromatic N) is 6. The maximum atomic E-state index is 12.7. The summed E-state index contributed by atoms with van der Waals surface area (Å²) in [5.41, 5.74) is 3.46. The van der Waals surface area contributed by atoms with E-state index in [9.17, 15) is 4.79 Å². The predicted octanol–water partition coefficient (Wildman–Crippen LogP) is 1.62. The largest absolute Gasteiger partial charge is 0.338 e. The first-order valence-corrected chi connectivity index (χ1v) is 9.02. The van der Waals surface area contributed by atoms with Gasteiger partial charge in [0.2, 0.25) is 5.91 Å². The lowest BCUT2D eigenvalue weighted by Gasteiger charge is -2.35. The Kier molecular flexibility index (Phi) is 5.22. The van der Waals surface area contributed by atoms with Crippen LogP contribution in [0.5, 0.6) is 0 Å². The molecule has 0 saturated carbocycles. The van der Waals surface area contributed by atoms with Crippen LogP contribution in [0, 0.1) is 13.8 Å². The molecule has 0 aliphatic carbocycles. The molecule has 1 amide bonds. The molecule has 0 N–H and O–H groups in total. The zero-order valence-electron chi connectivity index (χ0n) is 15.6. The summed E-state index contributed by atoms with van der Waals surface area (Å²) in [7, 11) is 0. The smallest absolute Gasteiger partial charge is 0.247 e. The lowest BCUT2D eigenvalue weighted by Crippen LogP contribution is -2.50. The van der Waals surface area contributed by atoms with Gasteiger partial charge in [0.1, 0.15) is 6.04 Å². The van der Waals surface area contributed by atoms with Gasteiger partial charge < -0.3 is 4.90 Å². The third kappa shape index (κ3) is 3.92. The number of hydrogen-bond acceptors (Lipinski definition) is 4. The van der Waals surface area contributed by atoms with Crippen LogP contribution in [0.1, 0.15) is 36.7 Å². The van der Waals surface area contributed by atoms with Crippen molar-refractivity contribution in [1.82, 2.24) is 29.4 Å². The Bertz CT molecular complexity index is 726. The molecule has 1 aliphatic heterocycles. The molecular weight excluding hydrogens is 316 g/mol. The fraction of sp³-hybridized carbons (Fsp3) is 0.611. The Morgan fingerprint density at radius 2 is 1.92 bits per heavy atom. The van der Waals surface area contributed by atoms with Crippen LogP contribution in [-0.2, 0) is 17.9 Å². The van der Waals surface area contributed by atoms with Crippen molar-refractivity contribution in [3.8, 4) is 0 Å². The molecule has 3 rings (SSSR count). The Balaban J connectivity index is 1.54. The second-order valence-corrected chi connectivity index (χ2v) is 6.87. The topological polar surface area (TPSA) is 59.2 Å². The van der Waals surface area contributed by atoms with Crippen LogP contribution in [0.3, 0.4) is 0 Å². The second kappa shape index (κ2) is 7.39. The van der Waals surface area contributed by atoms with Crippen LogP contribution in [0.15, 0.2) is 18.6 Å². The number of aryl methyl sites for hydroxylation is 3. The van der Waals surface area contributed by atoms with Crippen LogP contribution in [0.2, 0.25) is 0 Å². The van der Waals surface area contributed by atoms with Gasteiger partial charge in [-0.15, -0.1) is 0 Å². The first-order chi connectivity index (χ1) is 12.0. The van der Waals surface area contributed by atoms with Gasteiger partial charge in [-0.3, -0.25) is 19.1 Å². The molecule has 136 valence electrons. The minimum atomic E-state index is -0.245. The van der Waals surface area contributed by atoms with Gasteiger partial charge in [-0.1, -0.05) is 0 Å². The highest BCUT2D eigenvalue weighted by molar-refractivity contribution is 5.80. The summed E-state index contributed by atoms with van der Waals surface area (Å²) in [5, 5.41) is 8.78. The summed E-state index contributed by atoms with van der Waals surface area (Å²) in [6, 6.07) is -0.245. The summed E-state index contributed by atoms with van der Waals surface area (Å²) in [6.45, 7) is 13.2. The van der Waals surface area contributed by atoms with Crippen LogP contribution in [0.25, 0.3) is 0 Å². The second-order valence-electron chi connectivity index (χ2n) is 6.87. The van der Waals surface area contributed by atoms with Crippen molar-refractivity contribution < 1.29 is 4.79 Å². The molecule has 1 fully saturated rings. The van der Waals surface area contributed by atoms with E-state index < -0.39 is 0 Å². The summed E-state index contributed by atoms with van der Waals surface area (Å²) in [4.78, 5) is 17.1. The minimum Gasteiger partial charge on any atom is -0.338 e. The lowest BCUT2D eigenvalue weighted by atomic mass is 10.2. The third-order valence-corrected chi connectivity index (χ3v) is 4.93. The number of carbonyl (C=O) groups excluding carboxylic acids is 1. The van der Waals surface area contributed by atoms with E-state index >= 15 is 0 Å². The fourth-order valence-electron chi connectivity index (χ4n) is 3.27. The van der Waals surface area contributed by atoms with Crippen molar-refractivity contribution >= 4 is 5.91 Å². The average Bonchev–Trinajstić information content (AvgIpc) is 3.20. The molecule has 1 atom stereocenters. The number of carbonyl (C=O) groups is 1. The Labute approximate surface area is 149 Å². The molecule has 0 aromatic carbocycles. The SMILES string of the molecule is CCn1cc(CN2CCN(C(=O)C(C)n3cc(C)cn3)CC2)c(C)n1. The zero-order chi connectivity index (χ0) is 18.0. The number of rotatable bonds is 5. The Hall–Kier alpha value is -2.15. The molecule has 0 bridgehead atoms. The normalized spacial score (nSPS) is 17.0. The number of hydrogen-bond donors (Lipinski definition) is 0. The maximum absolute atomic E-state index is 12.7. The van der Waals surface area contributed by atoms with Crippen LogP contribution in [0.4, 0.5) is 0 Å². The molecule has 0 radical (unpaired) electrons. The molecule has 1 aliphatic rings. The van der Waals surface area contributed by atoms with E-state index in [1.165, 1.54) is 5.56 Å². The van der Waals surface area contributed by atoms with Crippen molar-refractivity contribution in [3.63, 3.8) is 0 Å². The van der Waals surface area contributed by atoms with E-state index in [1.54, 1.807) is 10.9 Å². The van der Waals surface area contributed by atoms with E-state index in [4.69, 9.17) is 0 Å². The lowest BCUT2D eigenvalue weighted by molar-refractivity contribution is -0.136. The quantitative estimate of drug-likeness (QED) is 0.827. The standard InChI is InChI=1S/C18H28N6O/c1-5-23-13-17(15(3)20-23)12-21-6-8-22(9-7-21)18(25)16(4)24-11-14(2)10-19-24/h10-11,13,16H,5-9,12H2,1-4H3. The van der Waals surface area contributed by atoms with Crippen molar-refractivity contribution in [1.29, 1.82) is 0 Å². The van der Waals surface area contributed by atoms with Crippen molar-refractivity contribution in [2.45, 2.75) is 46.8 Å². The predicted molar refractivity (Wildman–Crippen MR) is 96.2 cm³/mol. The van der Waals surface area contributed by atoms with Crippen LogP contribution < -0.4 is 0 Å². The van der Waals surface area contributed by atoms with E-state index in [0.717, 1.165) is 50.5 Å². The Morgan fingerprint density at radius 3 is 2.48 bits per heavy atom. The van der Waals surface area contributed by atoms with Crippen LogP contribution in [-0.4, -0.2) is 61.4 Å². The van der Waals surface area contributed by atoms with Crippen molar-refractivity contribution in [3.05, 3.63) is 35.4 Å². The highest BCUT2D eigenvalue weighted by atomic mass is 16.2. The highest BCUT2D eigenvalue weighted by Crippen LogP contribution is 2.15. The minimum absolute atomic E-state index is 0.151. The number of aromatic nitrogens is 4. The molecule has 7 heteroatoms.